The van der Waals surface area contributed by atoms with Crippen LogP contribution < -0.4 is 5.32 Å². The number of rotatable bonds is 4. The number of pyridine rings is 1. The topological polar surface area (TPSA) is 94.1 Å². The number of hydrogen-bond donors (Lipinski definition) is 1. The van der Waals surface area contributed by atoms with E-state index < -0.39 is 4.92 Å². The third-order valence-electron chi connectivity index (χ3n) is 3.04. The van der Waals surface area contributed by atoms with Gasteiger partial charge in [-0.25, -0.2) is 4.98 Å². The predicted octanol–water partition coefficient (Wildman–Crippen LogP) is 3.05. The second kappa shape index (κ2) is 5.20. The van der Waals surface area contributed by atoms with E-state index in [2.05, 4.69) is 15.3 Å². The van der Waals surface area contributed by atoms with Gasteiger partial charge in [-0.3, -0.25) is 15.1 Å². The number of nitrogens with one attached hydrogen (secondary N) is 1. The molecule has 0 aliphatic heterocycles. The molecule has 0 bridgehead atoms. The van der Waals surface area contributed by atoms with Crippen molar-refractivity contribution in [1.29, 1.82) is 0 Å². The van der Waals surface area contributed by atoms with Gasteiger partial charge in [0.15, 0.2) is 0 Å². The van der Waals surface area contributed by atoms with Crippen LogP contribution >= 0.6 is 0 Å². The first kappa shape index (κ1) is 13.0. The fourth-order valence-corrected chi connectivity index (χ4v) is 2.13. The minimum absolute atomic E-state index is 0.00359. The summed E-state index contributed by atoms with van der Waals surface area (Å²) in [5, 5.41) is 14.8. The van der Waals surface area contributed by atoms with Crippen LogP contribution in [0.2, 0.25) is 0 Å². The van der Waals surface area contributed by atoms with E-state index >= 15 is 0 Å². The molecule has 106 valence electrons. The zero-order valence-electron chi connectivity index (χ0n) is 11.2. The average Bonchev–Trinajstić information content (AvgIpc) is 2.89. The molecule has 0 saturated carbocycles. The van der Waals surface area contributed by atoms with Crippen molar-refractivity contribution >= 4 is 22.3 Å². The highest BCUT2D eigenvalue weighted by atomic mass is 16.6. The number of nitro benzene ring substituents is 1. The largest absolute Gasteiger partial charge is 0.444 e. The number of benzene rings is 1. The summed E-state index contributed by atoms with van der Waals surface area (Å²) >= 11 is 0. The molecule has 3 rings (SSSR count). The second-order valence-corrected chi connectivity index (χ2v) is 4.51. The summed E-state index contributed by atoms with van der Waals surface area (Å²) in [6.45, 7) is 2.07. The molecule has 0 atom stereocenters. The summed E-state index contributed by atoms with van der Waals surface area (Å²) in [7, 11) is 0. The van der Waals surface area contributed by atoms with Crippen LogP contribution in [0.25, 0.3) is 10.9 Å². The Morgan fingerprint density at radius 3 is 2.90 bits per heavy atom. The lowest BCUT2D eigenvalue weighted by molar-refractivity contribution is -0.382. The Kier molecular flexibility index (Phi) is 3.23. The number of nitrogens with zero attached hydrogens (tertiary/aromatic N) is 3. The molecule has 0 aliphatic carbocycles. The lowest BCUT2D eigenvalue weighted by Gasteiger charge is -2.07. The maximum atomic E-state index is 11.3. The van der Waals surface area contributed by atoms with Crippen LogP contribution in [-0.4, -0.2) is 14.9 Å². The minimum Gasteiger partial charge on any atom is -0.444 e. The van der Waals surface area contributed by atoms with Gasteiger partial charge in [0.2, 0.25) is 5.89 Å². The molecule has 21 heavy (non-hydrogen) atoms. The summed E-state index contributed by atoms with van der Waals surface area (Å²) in [5.74, 6) is 1.18. The normalized spacial score (nSPS) is 10.7. The van der Waals surface area contributed by atoms with Gasteiger partial charge >= 0.3 is 5.69 Å². The number of nitro groups is 1. The van der Waals surface area contributed by atoms with Gasteiger partial charge in [0.05, 0.1) is 28.6 Å². The lowest BCUT2D eigenvalue weighted by Crippen LogP contribution is -2.03. The Hall–Kier alpha value is -2.96. The number of fused-ring (bicyclic) bond motifs is 1. The Labute approximate surface area is 119 Å². The van der Waals surface area contributed by atoms with Gasteiger partial charge in [-0.1, -0.05) is 0 Å². The molecule has 0 saturated heterocycles. The molecule has 1 N–H and O–H groups in total. The van der Waals surface area contributed by atoms with Crippen LogP contribution in [0.5, 0.6) is 0 Å². The van der Waals surface area contributed by atoms with Crippen LogP contribution in [-0.2, 0) is 6.54 Å². The van der Waals surface area contributed by atoms with Crippen molar-refractivity contribution in [3.8, 4) is 0 Å². The molecule has 0 spiro atoms. The molecular weight excluding hydrogens is 272 g/mol. The van der Waals surface area contributed by atoms with Crippen LogP contribution in [0.15, 0.2) is 41.1 Å². The molecule has 7 nitrogen and oxygen atoms in total. The first-order valence-corrected chi connectivity index (χ1v) is 6.32. The van der Waals surface area contributed by atoms with Crippen LogP contribution in [0.4, 0.5) is 11.4 Å². The SMILES string of the molecule is Cc1cnc(CNc2ccc3ncccc3c2[N+](=O)[O-])o1. The average molecular weight is 284 g/mol. The first-order valence-electron chi connectivity index (χ1n) is 6.32. The molecule has 3 aromatic rings. The fraction of sp³-hybridized carbons (Fsp3) is 0.143. The van der Waals surface area contributed by atoms with E-state index in [1.807, 2.05) is 0 Å². The van der Waals surface area contributed by atoms with Crippen LogP contribution in [0.3, 0.4) is 0 Å². The Bertz CT molecular complexity index is 813. The second-order valence-electron chi connectivity index (χ2n) is 4.51. The van der Waals surface area contributed by atoms with Gasteiger partial charge in [-0.05, 0) is 31.2 Å². The maximum absolute atomic E-state index is 11.3. The summed E-state index contributed by atoms with van der Waals surface area (Å²) in [5.41, 5.74) is 1.00. The summed E-state index contributed by atoms with van der Waals surface area (Å²) in [6.07, 6.45) is 3.21. The molecule has 0 amide bonds. The van der Waals surface area contributed by atoms with Gasteiger partial charge in [0.1, 0.15) is 11.4 Å². The standard InChI is InChI=1S/C14H12N4O3/c1-9-7-17-13(21-9)8-16-12-5-4-11-10(3-2-6-15-11)14(12)18(19)20/h2-7,16H,8H2,1H3. The van der Waals surface area contributed by atoms with E-state index in [1.165, 1.54) is 0 Å². The summed E-state index contributed by atoms with van der Waals surface area (Å²) in [6, 6.07) is 6.74. The molecule has 1 aromatic carbocycles. The van der Waals surface area contributed by atoms with Crippen molar-refractivity contribution in [2.75, 3.05) is 5.32 Å². The van der Waals surface area contributed by atoms with Crippen LogP contribution in [0.1, 0.15) is 11.7 Å². The van der Waals surface area contributed by atoms with E-state index in [9.17, 15) is 10.1 Å². The van der Waals surface area contributed by atoms with Gasteiger partial charge in [-0.15, -0.1) is 0 Å². The van der Waals surface area contributed by atoms with Crippen molar-refractivity contribution < 1.29 is 9.34 Å². The number of aryl methyl sites for hydroxylation is 1. The summed E-state index contributed by atoms with van der Waals surface area (Å²) < 4.78 is 5.34. The molecule has 0 aliphatic rings. The Balaban J connectivity index is 1.97. The lowest BCUT2D eigenvalue weighted by atomic mass is 10.1. The Morgan fingerprint density at radius 1 is 1.33 bits per heavy atom. The maximum Gasteiger partial charge on any atom is 0.301 e. The number of hydrogen-bond acceptors (Lipinski definition) is 6. The van der Waals surface area contributed by atoms with Crippen molar-refractivity contribution in [2.45, 2.75) is 13.5 Å². The van der Waals surface area contributed by atoms with E-state index in [1.54, 1.807) is 43.6 Å². The number of aromatic nitrogens is 2. The van der Waals surface area contributed by atoms with Crippen LogP contribution in [0, 0.1) is 17.0 Å². The molecule has 7 heteroatoms. The highest BCUT2D eigenvalue weighted by molar-refractivity contribution is 5.94. The molecule has 2 aromatic heterocycles. The Morgan fingerprint density at radius 2 is 2.19 bits per heavy atom. The van der Waals surface area contributed by atoms with Gasteiger partial charge < -0.3 is 9.73 Å². The first-order chi connectivity index (χ1) is 10.1. The van der Waals surface area contributed by atoms with E-state index in [4.69, 9.17) is 4.42 Å². The highest BCUT2D eigenvalue weighted by Crippen LogP contribution is 2.32. The van der Waals surface area contributed by atoms with Crippen molar-refractivity contribution in [1.82, 2.24) is 9.97 Å². The minimum atomic E-state index is -0.410. The zero-order chi connectivity index (χ0) is 14.8. The van der Waals surface area contributed by atoms with Gasteiger partial charge in [-0.2, -0.15) is 0 Å². The zero-order valence-corrected chi connectivity index (χ0v) is 11.2. The van der Waals surface area contributed by atoms with E-state index in [-0.39, 0.29) is 12.2 Å². The predicted molar refractivity (Wildman–Crippen MR) is 77.0 cm³/mol. The van der Waals surface area contributed by atoms with Gasteiger partial charge in [0.25, 0.3) is 0 Å². The fourth-order valence-electron chi connectivity index (χ4n) is 2.13. The van der Waals surface area contributed by atoms with E-state index in [0.29, 0.717) is 28.2 Å². The van der Waals surface area contributed by atoms with Crippen molar-refractivity contribution in [3.63, 3.8) is 0 Å². The smallest absolute Gasteiger partial charge is 0.301 e. The molecule has 0 radical (unpaired) electrons. The number of anilines is 1. The third kappa shape index (κ3) is 2.53. The van der Waals surface area contributed by atoms with Gasteiger partial charge in [0, 0.05) is 6.20 Å². The quantitative estimate of drug-likeness (QED) is 0.584. The van der Waals surface area contributed by atoms with Crippen molar-refractivity contribution in [3.05, 3.63) is 58.4 Å². The molecule has 2 heterocycles. The molecule has 0 unspecified atom stereocenters. The van der Waals surface area contributed by atoms with Crippen molar-refractivity contribution in [2.24, 2.45) is 0 Å². The number of oxazole rings is 1. The van der Waals surface area contributed by atoms with E-state index in [0.717, 1.165) is 0 Å². The molecule has 0 fully saturated rings. The summed E-state index contributed by atoms with van der Waals surface area (Å²) in [4.78, 5) is 19.1. The monoisotopic (exact) mass is 284 g/mol. The molecular formula is C14H12N4O3. The third-order valence-corrected chi connectivity index (χ3v) is 3.04. The highest BCUT2D eigenvalue weighted by Gasteiger charge is 2.19.